The van der Waals surface area contributed by atoms with Crippen LogP contribution in [-0.4, -0.2) is 24.4 Å². The lowest BCUT2D eigenvalue weighted by Crippen LogP contribution is -2.29. The summed E-state index contributed by atoms with van der Waals surface area (Å²) >= 11 is 0. The summed E-state index contributed by atoms with van der Waals surface area (Å²) in [5.74, 6) is -2.22. The zero-order valence-electron chi connectivity index (χ0n) is 7.67. The molecule has 0 fully saturated rings. The van der Waals surface area contributed by atoms with E-state index in [2.05, 4.69) is 10.1 Å². The smallest absolute Gasteiger partial charge is 0.410 e. The third-order valence-corrected chi connectivity index (χ3v) is 1.48. The van der Waals surface area contributed by atoms with Crippen molar-refractivity contribution in [2.75, 3.05) is 13.2 Å². The molecule has 0 atom stereocenters. The average Bonchev–Trinajstić information content (AvgIpc) is 2.20. The van der Waals surface area contributed by atoms with Crippen LogP contribution in [0.1, 0.15) is 0 Å². The SMILES string of the molecule is O=C(NCCO)Oc1ccc(F)c(F)c1. The predicted molar refractivity (Wildman–Crippen MR) is 47.5 cm³/mol. The minimum Gasteiger partial charge on any atom is -0.410 e. The van der Waals surface area contributed by atoms with Gasteiger partial charge in [-0.2, -0.15) is 0 Å². The van der Waals surface area contributed by atoms with Gasteiger partial charge in [-0.05, 0) is 12.1 Å². The maximum atomic E-state index is 12.7. The molecule has 2 N–H and O–H groups in total. The van der Waals surface area contributed by atoms with E-state index >= 15 is 0 Å². The predicted octanol–water partition coefficient (Wildman–Crippen LogP) is 1.05. The van der Waals surface area contributed by atoms with E-state index in [0.29, 0.717) is 0 Å². The lowest BCUT2D eigenvalue weighted by atomic mass is 10.3. The number of ether oxygens (including phenoxy) is 1. The van der Waals surface area contributed by atoms with E-state index in [4.69, 9.17) is 5.11 Å². The quantitative estimate of drug-likeness (QED) is 0.795. The van der Waals surface area contributed by atoms with Crippen LogP contribution >= 0.6 is 0 Å². The van der Waals surface area contributed by atoms with Gasteiger partial charge in [-0.25, -0.2) is 13.6 Å². The van der Waals surface area contributed by atoms with Crippen LogP contribution < -0.4 is 10.1 Å². The Kier molecular flexibility index (Phi) is 3.99. The zero-order chi connectivity index (χ0) is 11.3. The first-order valence-electron chi connectivity index (χ1n) is 4.15. The van der Waals surface area contributed by atoms with Crippen LogP contribution in [0.25, 0.3) is 0 Å². The molecule has 0 spiro atoms. The summed E-state index contributed by atoms with van der Waals surface area (Å²) < 4.78 is 29.7. The molecule has 1 amide bonds. The summed E-state index contributed by atoms with van der Waals surface area (Å²) in [4.78, 5) is 10.9. The summed E-state index contributed by atoms with van der Waals surface area (Å²) in [6.45, 7) is -0.199. The fourth-order valence-corrected chi connectivity index (χ4v) is 0.841. The minimum atomic E-state index is -1.09. The van der Waals surface area contributed by atoms with Gasteiger partial charge >= 0.3 is 6.09 Å². The molecule has 0 aliphatic carbocycles. The van der Waals surface area contributed by atoms with Gasteiger partial charge in [0.1, 0.15) is 5.75 Å². The average molecular weight is 217 g/mol. The van der Waals surface area contributed by atoms with Gasteiger partial charge in [0.25, 0.3) is 0 Å². The minimum absolute atomic E-state index is 0.0303. The number of carbonyl (C=O) groups is 1. The molecule has 1 aromatic rings. The topological polar surface area (TPSA) is 58.6 Å². The van der Waals surface area contributed by atoms with Gasteiger partial charge in [0.15, 0.2) is 11.6 Å². The second-order valence-electron chi connectivity index (χ2n) is 2.62. The van der Waals surface area contributed by atoms with E-state index in [0.717, 1.165) is 18.2 Å². The standard InChI is InChI=1S/C9H9F2NO3/c10-7-2-1-6(5-8(7)11)15-9(14)12-3-4-13/h1-2,5,13H,3-4H2,(H,12,14). The van der Waals surface area contributed by atoms with Crippen molar-refractivity contribution in [1.82, 2.24) is 5.32 Å². The molecule has 1 rings (SSSR count). The highest BCUT2D eigenvalue weighted by molar-refractivity contribution is 5.70. The number of aliphatic hydroxyl groups excluding tert-OH is 1. The molecule has 0 saturated heterocycles. The molecular weight excluding hydrogens is 208 g/mol. The lowest BCUT2D eigenvalue weighted by Gasteiger charge is -2.05. The van der Waals surface area contributed by atoms with E-state index in [-0.39, 0.29) is 18.9 Å². The molecule has 82 valence electrons. The maximum Gasteiger partial charge on any atom is 0.412 e. The maximum absolute atomic E-state index is 12.7. The fraction of sp³-hybridized carbons (Fsp3) is 0.222. The Bertz CT molecular complexity index is 357. The molecule has 4 nitrogen and oxygen atoms in total. The van der Waals surface area contributed by atoms with Crippen LogP contribution in [0.2, 0.25) is 0 Å². The van der Waals surface area contributed by atoms with Crippen LogP contribution in [0.3, 0.4) is 0 Å². The first-order valence-corrected chi connectivity index (χ1v) is 4.15. The second kappa shape index (κ2) is 5.26. The van der Waals surface area contributed by atoms with Gasteiger partial charge < -0.3 is 15.2 Å². The third kappa shape index (κ3) is 3.51. The first-order chi connectivity index (χ1) is 7.13. The largest absolute Gasteiger partial charge is 0.412 e. The van der Waals surface area contributed by atoms with E-state index in [1.807, 2.05) is 0 Å². The number of amides is 1. The first kappa shape index (κ1) is 11.4. The lowest BCUT2D eigenvalue weighted by molar-refractivity contribution is 0.195. The molecule has 0 radical (unpaired) electrons. The molecule has 0 aromatic heterocycles. The number of aliphatic hydroxyl groups is 1. The van der Waals surface area contributed by atoms with Crippen molar-refractivity contribution >= 4 is 6.09 Å². The number of hydrogen-bond donors (Lipinski definition) is 2. The van der Waals surface area contributed by atoms with Crippen molar-refractivity contribution in [3.63, 3.8) is 0 Å². The van der Waals surface area contributed by atoms with Crippen LogP contribution in [0, 0.1) is 11.6 Å². The molecule has 0 saturated carbocycles. The van der Waals surface area contributed by atoms with Gasteiger partial charge in [0.05, 0.1) is 6.61 Å². The third-order valence-electron chi connectivity index (χ3n) is 1.48. The molecule has 0 aliphatic heterocycles. The number of hydrogen-bond acceptors (Lipinski definition) is 3. The fourth-order valence-electron chi connectivity index (χ4n) is 0.841. The summed E-state index contributed by atoms with van der Waals surface area (Å²) in [5.41, 5.74) is 0. The van der Waals surface area contributed by atoms with Crippen molar-refractivity contribution in [3.8, 4) is 5.75 Å². The van der Waals surface area contributed by atoms with E-state index in [1.165, 1.54) is 0 Å². The highest BCUT2D eigenvalue weighted by atomic mass is 19.2. The van der Waals surface area contributed by atoms with E-state index < -0.39 is 17.7 Å². The molecular formula is C9H9F2NO3. The number of nitrogens with one attached hydrogen (secondary N) is 1. The Balaban J connectivity index is 2.57. The molecule has 0 unspecified atom stereocenters. The highest BCUT2D eigenvalue weighted by Crippen LogP contribution is 2.15. The van der Waals surface area contributed by atoms with Crippen LogP contribution in [0.15, 0.2) is 18.2 Å². The summed E-state index contributed by atoms with van der Waals surface area (Å²) in [6, 6.07) is 2.73. The summed E-state index contributed by atoms with van der Waals surface area (Å²) in [5, 5.41) is 10.6. The molecule has 6 heteroatoms. The summed E-state index contributed by atoms with van der Waals surface area (Å²) in [7, 11) is 0. The van der Waals surface area contributed by atoms with Gasteiger partial charge in [-0.3, -0.25) is 0 Å². The van der Waals surface area contributed by atoms with Crippen molar-refractivity contribution in [2.24, 2.45) is 0 Å². The Morgan fingerprint density at radius 2 is 2.13 bits per heavy atom. The van der Waals surface area contributed by atoms with Crippen molar-refractivity contribution < 1.29 is 23.4 Å². The molecule has 0 bridgehead atoms. The molecule has 15 heavy (non-hydrogen) atoms. The van der Waals surface area contributed by atoms with Crippen molar-refractivity contribution in [1.29, 1.82) is 0 Å². The van der Waals surface area contributed by atoms with E-state index in [1.54, 1.807) is 0 Å². The molecule has 0 aliphatic rings. The molecule has 0 heterocycles. The Morgan fingerprint density at radius 1 is 1.40 bits per heavy atom. The Labute approximate surface area is 84.5 Å². The summed E-state index contributed by atoms with van der Waals surface area (Å²) in [6.07, 6.45) is -0.838. The van der Waals surface area contributed by atoms with Gasteiger partial charge in [-0.1, -0.05) is 0 Å². The highest BCUT2D eigenvalue weighted by Gasteiger charge is 2.06. The van der Waals surface area contributed by atoms with Crippen LogP contribution in [0.4, 0.5) is 13.6 Å². The number of benzene rings is 1. The van der Waals surface area contributed by atoms with Crippen LogP contribution in [-0.2, 0) is 0 Å². The van der Waals surface area contributed by atoms with Crippen LogP contribution in [0.5, 0.6) is 5.75 Å². The Hall–Kier alpha value is -1.69. The number of rotatable bonds is 3. The second-order valence-corrected chi connectivity index (χ2v) is 2.62. The monoisotopic (exact) mass is 217 g/mol. The van der Waals surface area contributed by atoms with Gasteiger partial charge in [0, 0.05) is 12.6 Å². The normalized spacial score (nSPS) is 9.80. The van der Waals surface area contributed by atoms with Gasteiger partial charge in [0.2, 0.25) is 0 Å². The van der Waals surface area contributed by atoms with Crippen molar-refractivity contribution in [3.05, 3.63) is 29.8 Å². The van der Waals surface area contributed by atoms with Crippen molar-refractivity contribution in [2.45, 2.75) is 0 Å². The van der Waals surface area contributed by atoms with Gasteiger partial charge in [-0.15, -0.1) is 0 Å². The van der Waals surface area contributed by atoms with E-state index in [9.17, 15) is 13.6 Å². The zero-order valence-corrected chi connectivity index (χ0v) is 7.67. The number of halogens is 2. The Morgan fingerprint density at radius 3 is 2.73 bits per heavy atom. The number of carbonyl (C=O) groups excluding carboxylic acids is 1. The molecule has 1 aromatic carbocycles.